The van der Waals surface area contributed by atoms with Gasteiger partial charge < -0.3 is 0 Å². The quantitative estimate of drug-likeness (QED) is 0.788. The lowest BCUT2D eigenvalue weighted by atomic mass is 10.1. The average molecular weight is 256 g/mol. The molecule has 2 nitrogen and oxygen atoms in total. The normalized spacial score (nSPS) is 10.4. The van der Waals surface area contributed by atoms with Crippen molar-refractivity contribution in [3.8, 4) is 0 Å². The van der Waals surface area contributed by atoms with Crippen LogP contribution in [0.4, 0.5) is 4.39 Å². The van der Waals surface area contributed by atoms with Crippen LogP contribution >= 0.6 is 22.9 Å². The summed E-state index contributed by atoms with van der Waals surface area (Å²) < 4.78 is 12.8. The van der Waals surface area contributed by atoms with Crippen LogP contribution in [0, 0.1) is 5.82 Å². The number of aldehydes is 1. The molecule has 2 rings (SSSR count). The Balaban J connectivity index is 2.23. The third-order valence-electron chi connectivity index (χ3n) is 2.05. The zero-order valence-corrected chi connectivity index (χ0v) is 9.69. The van der Waals surface area contributed by atoms with Crippen LogP contribution in [0.5, 0.6) is 0 Å². The second kappa shape index (κ2) is 4.72. The molecule has 0 aliphatic rings. The first-order valence-corrected chi connectivity index (χ1v) is 5.78. The van der Waals surface area contributed by atoms with Crippen LogP contribution in [0.15, 0.2) is 23.6 Å². The molecule has 0 aliphatic carbocycles. The third-order valence-corrected chi connectivity index (χ3v) is 3.27. The highest BCUT2D eigenvalue weighted by atomic mass is 35.5. The second-order valence-corrected chi connectivity index (χ2v) is 4.55. The van der Waals surface area contributed by atoms with Crippen molar-refractivity contribution in [3.63, 3.8) is 0 Å². The SMILES string of the molecule is O=Cc1csc(Cc2ccc(F)cc2Cl)n1. The van der Waals surface area contributed by atoms with Gasteiger partial charge in [-0.05, 0) is 17.7 Å². The maximum atomic E-state index is 12.8. The summed E-state index contributed by atoms with van der Waals surface area (Å²) in [7, 11) is 0. The van der Waals surface area contributed by atoms with E-state index in [1.807, 2.05) is 0 Å². The summed E-state index contributed by atoms with van der Waals surface area (Å²) in [6, 6.07) is 4.25. The summed E-state index contributed by atoms with van der Waals surface area (Å²) in [5, 5.41) is 2.85. The second-order valence-electron chi connectivity index (χ2n) is 3.20. The highest BCUT2D eigenvalue weighted by molar-refractivity contribution is 7.09. The van der Waals surface area contributed by atoms with Crippen LogP contribution in [0.1, 0.15) is 21.1 Å². The number of nitrogens with zero attached hydrogens (tertiary/aromatic N) is 1. The van der Waals surface area contributed by atoms with Gasteiger partial charge in [-0.1, -0.05) is 17.7 Å². The molecule has 1 aromatic carbocycles. The fraction of sp³-hybridized carbons (Fsp3) is 0.0909. The summed E-state index contributed by atoms with van der Waals surface area (Å²) in [5.74, 6) is -0.360. The lowest BCUT2D eigenvalue weighted by Gasteiger charge is -2.01. The van der Waals surface area contributed by atoms with E-state index in [0.29, 0.717) is 23.4 Å². The number of thiazole rings is 1. The maximum Gasteiger partial charge on any atom is 0.169 e. The molecule has 0 bridgehead atoms. The van der Waals surface area contributed by atoms with Crippen LogP contribution in [0.25, 0.3) is 0 Å². The minimum absolute atomic E-state index is 0.360. The van der Waals surface area contributed by atoms with E-state index in [2.05, 4.69) is 4.98 Å². The number of carbonyl (C=O) groups excluding carboxylic acids is 1. The standard InChI is InChI=1S/C11H7ClFNOS/c12-10-4-8(13)2-1-7(10)3-11-14-9(5-15)6-16-11/h1-2,4-6H,3H2. The van der Waals surface area contributed by atoms with Gasteiger partial charge in [-0.25, -0.2) is 9.37 Å². The highest BCUT2D eigenvalue weighted by Gasteiger charge is 2.06. The van der Waals surface area contributed by atoms with Gasteiger partial charge >= 0.3 is 0 Å². The van der Waals surface area contributed by atoms with Crippen molar-refractivity contribution in [2.45, 2.75) is 6.42 Å². The van der Waals surface area contributed by atoms with Gasteiger partial charge in [-0.2, -0.15) is 0 Å². The Bertz CT molecular complexity index is 526. The van der Waals surface area contributed by atoms with Gasteiger partial charge in [-0.15, -0.1) is 11.3 Å². The van der Waals surface area contributed by atoms with E-state index < -0.39 is 0 Å². The molecule has 0 saturated carbocycles. The van der Waals surface area contributed by atoms with Crippen LogP contribution in [0.2, 0.25) is 5.02 Å². The van der Waals surface area contributed by atoms with Crippen molar-refractivity contribution in [2.24, 2.45) is 0 Å². The minimum atomic E-state index is -0.360. The van der Waals surface area contributed by atoms with Crippen LogP contribution < -0.4 is 0 Å². The van der Waals surface area contributed by atoms with Gasteiger partial charge in [0.1, 0.15) is 11.5 Å². The topological polar surface area (TPSA) is 30.0 Å². The van der Waals surface area contributed by atoms with Crippen molar-refractivity contribution in [2.75, 3.05) is 0 Å². The van der Waals surface area contributed by atoms with Crippen LogP contribution in [-0.4, -0.2) is 11.3 Å². The first-order chi connectivity index (χ1) is 7.69. The number of benzene rings is 1. The zero-order valence-electron chi connectivity index (χ0n) is 8.11. The third kappa shape index (κ3) is 2.46. The molecule has 0 fully saturated rings. The lowest BCUT2D eigenvalue weighted by Crippen LogP contribution is -1.90. The Morgan fingerprint density at radius 1 is 1.50 bits per heavy atom. The summed E-state index contributed by atoms with van der Waals surface area (Å²) in [4.78, 5) is 14.5. The number of halogens is 2. The maximum absolute atomic E-state index is 12.8. The molecular weight excluding hydrogens is 249 g/mol. The fourth-order valence-corrected chi connectivity index (χ4v) is 2.28. The van der Waals surface area contributed by atoms with Gasteiger partial charge in [0.25, 0.3) is 0 Å². The first-order valence-electron chi connectivity index (χ1n) is 4.52. The van der Waals surface area contributed by atoms with E-state index in [0.717, 1.165) is 10.6 Å². The monoisotopic (exact) mass is 255 g/mol. The van der Waals surface area contributed by atoms with E-state index >= 15 is 0 Å². The molecule has 2 aromatic rings. The Morgan fingerprint density at radius 2 is 2.31 bits per heavy atom. The van der Waals surface area contributed by atoms with Gasteiger partial charge in [-0.3, -0.25) is 4.79 Å². The molecule has 0 radical (unpaired) electrons. The molecule has 0 unspecified atom stereocenters. The molecular formula is C11H7ClFNOS. The molecule has 1 heterocycles. The van der Waals surface area contributed by atoms with Gasteiger partial charge in [0.15, 0.2) is 6.29 Å². The summed E-state index contributed by atoms with van der Waals surface area (Å²) in [5.41, 5.74) is 1.22. The molecule has 0 amide bonds. The molecule has 0 saturated heterocycles. The molecule has 0 spiro atoms. The predicted octanol–water partition coefficient (Wildman–Crippen LogP) is 3.34. The molecule has 0 aliphatic heterocycles. The molecule has 1 aromatic heterocycles. The Kier molecular flexibility index (Phi) is 3.31. The number of rotatable bonds is 3. The van der Waals surface area contributed by atoms with Crippen molar-refractivity contribution in [1.82, 2.24) is 4.98 Å². The number of aromatic nitrogens is 1. The first kappa shape index (κ1) is 11.2. The van der Waals surface area contributed by atoms with E-state index in [4.69, 9.17) is 11.6 Å². The van der Waals surface area contributed by atoms with Gasteiger partial charge in [0, 0.05) is 16.8 Å². The number of hydrogen-bond donors (Lipinski definition) is 0. The summed E-state index contributed by atoms with van der Waals surface area (Å²) in [6.07, 6.45) is 1.21. The molecule has 82 valence electrons. The van der Waals surface area contributed by atoms with Gasteiger partial charge in [0.05, 0.1) is 5.01 Å². The Hall–Kier alpha value is -1.26. The zero-order chi connectivity index (χ0) is 11.5. The summed E-state index contributed by atoms with van der Waals surface area (Å²) in [6.45, 7) is 0. The van der Waals surface area contributed by atoms with E-state index in [-0.39, 0.29) is 5.82 Å². The van der Waals surface area contributed by atoms with Crippen molar-refractivity contribution >= 4 is 29.2 Å². The van der Waals surface area contributed by atoms with Crippen LogP contribution in [0.3, 0.4) is 0 Å². The largest absolute Gasteiger partial charge is 0.296 e. The van der Waals surface area contributed by atoms with Crippen LogP contribution in [-0.2, 0) is 6.42 Å². The summed E-state index contributed by atoms with van der Waals surface area (Å²) >= 11 is 7.27. The molecule has 0 N–H and O–H groups in total. The van der Waals surface area contributed by atoms with E-state index in [1.165, 1.54) is 23.5 Å². The van der Waals surface area contributed by atoms with Crippen molar-refractivity contribution < 1.29 is 9.18 Å². The highest BCUT2D eigenvalue weighted by Crippen LogP contribution is 2.21. The Labute approximate surface area is 101 Å². The smallest absolute Gasteiger partial charge is 0.169 e. The van der Waals surface area contributed by atoms with E-state index in [9.17, 15) is 9.18 Å². The predicted molar refractivity (Wildman–Crippen MR) is 61.7 cm³/mol. The lowest BCUT2D eigenvalue weighted by molar-refractivity contribution is 0.111. The molecule has 16 heavy (non-hydrogen) atoms. The van der Waals surface area contributed by atoms with Crippen molar-refractivity contribution in [1.29, 1.82) is 0 Å². The number of carbonyl (C=O) groups is 1. The van der Waals surface area contributed by atoms with Crippen molar-refractivity contribution in [3.05, 3.63) is 50.7 Å². The number of hydrogen-bond acceptors (Lipinski definition) is 3. The molecule has 5 heteroatoms. The molecule has 0 atom stereocenters. The minimum Gasteiger partial charge on any atom is -0.296 e. The van der Waals surface area contributed by atoms with Gasteiger partial charge in [0.2, 0.25) is 0 Å². The average Bonchev–Trinajstić information content (AvgIpc) is 2.70. The Morgan fingerprint density at radius 3 is 2.94 bits per heavy atom. The van der Waals surface area contributed by atoms with E-state index in [1.54, 1.807) is 11.4 Å². The fourth-order valence-electron chi connectivity index (χ4n) is 1.29.